The van der Waals surface area contributed by atoms with Crippen LogP contribution in [0.1, 0.15) is 31.1 Å². The molecule has 3 amide bonds. The lowest BCUT2D eigenvalue weighted by Crippen LogP contribution is -2.40. The third-order valence-electron chi connectivity index (χ3n) is 3.33. The molecule has 1 saturated heterocycles. The van der Waals surface area contributed by atoms with Crippen LogP contribution in [-0.4, -0.2) is 56.5 Å². The van der Waals surface area contributed by atoms with Crippen LogP contribution in [0.15, 0.2) is 29.2 Å². The van der Waals surface area contributed by atoms with E-state index in [0.717, 1.165) is 4.90 Å². The van der Waals surface area contributed by atoms with E-state index in [1.807, 2.05) is 0 Å². The lowest BCUT2D eigenvalue weighted by atomic mass is 10.1. The van der Waals surface area contributed by atoms with Gasteiger partial charge in [-0.15, -0.1) is 0 Å². The van der Waals surface area contributed by atoms with Gasteiger partial charge in [0.15, 0.2) is 6.61 Å². The number of imide groups is 1. The van der Waals surface area contributed by atoms with E-state index >= 15 is 0 Å². The Labute approximate surface area is 151 Å². The maximum absolute atomic E-state index is 12.2. The molecule has 2 rings (SSSR count). The highest BCUT2D eigenvalue weighted by molar-refractivity contribution is 7.89. The number of carbonyl (C=O) groups is 3. The summed E-state index contributed by atoms with van der Waals surface area (Å²) in [7, 11) is -3.71. The van der Waals surface area contributed by atoms with Gasteiger partial charge in [-0.05, 0) is 45.0 Å². The van der Waals surface area contributed by atoms with Gasteiger partial charge >= 0.3 is 12.0 Å². The van der Waals surface area contributed by atoms with Gasteiger partial charge in [-0.2, -0.15) is 0 Å². The van der Waals surface area contributed by atoms with Crippen LogP contribution in [0.3, 0.4) is 0 Å². The van der Waals surface area contributed by atoms with Crippen LogP contribution in [-0.2, 0) is 19.6 Å². The highest BCUT2D eigenvalue weighted by Crippen LogP contribution is 2.14. The summed E-state index contributed by atoms with van der Waals surface area (Å²) in [5, 5.41) is 2.47. The van der Waals surface area contributed by atoms with Gasteiger partial charge in [-0.1, -0.05) is 0 Å². The van der Waals surface area contributed by atoms with E-state index in [-0.39, 0.29) is 17.0 Å². The van der Waals surface area contributed by atoms with Crippen LogP contribution < -0.4 is 10.0 Å². The van der Waals surface area contributed by atoms with E-state index in [2.05, 4.69) is 10.0 Å². The lowest BCUT2D eigenvalue weighted by Gasteiger charge is -2.20. The van der Waals surface area contributed by atoms with Crippen molar-refractivity contribution in [2.75, 3.05) is 19.7 Å². The Balaban J connectivity index is 1.98. The Kier molecular flexibility index (Phi) is 5.67. The molecule has 0 spiro atoms. The van der Waals surface area contributed by atoms with E-state index in [1.165, 1.54) is 24.3 Å². The average Bonchev–Trinajstić information content (AvgIpc) is 2.96. The minimum atomic E-state index is -3.71. The zero-order chi connectivity index (χ0) is 19.5. The fourth-order valence-electron chi connectivity index (χ4n) is 2.23. The van der Waals surface area contributed by atoms with Gasteiger partial charge in [0.2, 0.25) is 10.0 Å². The van der Waals surface area contributed by atoms with Gasteiger partial charge in [-0.3, -0.25) is 9.69 Å². The molecule has 1 fully saturated rings. The number of ether oxygens (including phenoxy) is 1. The first-order chi connectivity index (χ1) is 12.0. The number of nitrogens with one attached hydrogen (secondary N) is 2. The smallest absolute Gasteiger partial charge is 0.338 e. The maximum atomic E-state index is 12.2. The summed E-state index contributed by atoms with van der Waals surface area (Å²) in [5.74, 6) is -1.41. The monoisotopic (exact) mass is 383 g/mol. The molecule has 0 aromatic heterocycles. The van der Waals surface area contributed by atoms with E-state index in [1.54, 1.807) is 20.8 Å². The third-order valence-corrected chi connectivity index (χ3v) is 5.10. The molecule has 0 atom stereocenters. The molecule has 1 aliphatic rings. The van der Waals surface area contributed by atoms with Crippen LogP contribution in [0, 0.1) is 0 Å². The zero-order valence-electron chi connectivity index (χ0n) is 14.7. The van der Waals surface area contributed by atoms with Crippen molar-refractivity contribution in [3.63, 3.8) is 0 Å². The van der Waals surface area contributed by atoms with Crippen molar-refractivity contribution in [1.29, 1.82) is 0 Å². The fourth-order valence-corrected chi connectivity index (χ4v) is 3.65. The van der Waals surface area contributed by atoms with E-state index < -0.39 is 40.1 Å². The van der Waals surface area contributed by atoms with E-state index in [0.29, 0.717) is 6.54 Å². The summed E-state index contributed by atoms with van der Waals surface area (Å²) in [6.45, 7) is 5.16. The highest BCUT2D eigenvalue weighted by atomic mass is 32.2. The maximum Gasteiger partial charge on any atom is 0.338 e. The lowest BCUT2D eigenvalue weighted by molar-refractivity contribution is -0.130. The molecule has 10 heteroatoms. The molecule has 1 aliphatic heterocycles. The molecule has 0 saturated carbocycles. The minimum Gasteiger partial charge on any atom is -0.452 e. The van der Waals surface area contributed by atoms with Crippen molar-refractivity contribution in [2.45, 2.75) is 31.2 Å². The number of benzene rings is 1. The SMILES string of the molecule is CC(C)(C)NS(=O)(=O)c1ccc(C(=O)OCC(=O)N2CCNC2=O)cc1. The minimum absolute atomic E-state index is 0.00814. The number of esters is 1. The summed E-state index contributed by atoms with van der Waals surface area (Å²) >= 11 is 0. The average molecular weight is 383 g/mol. The second-order valence-electron chi connectivity index (χ2n) is 6.73. The second kappa shape index (κ2) is 7.42. The summed E-state index contributed by atoms with van der Waals surface area (Å²) < 4.78 is 31.8. The Morgan fingerprint density at radius 2 is 1.85 bits per heavy atom. The summed E-state index contributed by atoms with van der Waals surface area (Å²) in [5.41, 5.74) is -0.544. The molecule has 0 radical (unpaired) electrons. The Hall–Kier alpha value is -2.46. The molecular weight excluding hydrogens is 362 g/mol. The Morgan fingerprint density at radius 1 is 1.23 bits per heavy atom. The predicted molar refractivity (Wildman–Crippen MR) is 91.9 cm³/mol. The van der Waals surface area contributed by atoms with Crippen molar-refractivity contribution >= 4 is 27.9 Å². The topological polar surface area (TPSA) is 122 Å². The summed E-state index contributed by atoms with van der Waals surface area (Å²) in [6, 6.07) is 4.63. The molecule has 26 heavy (non-hydrogen) atoms. The largest absolute Gasteiger partial charge is 0.452 e. The molecular formula is C16H21N3O6S. The molecule has 0 bridgehead atoms. The number of nitrogens with zero attached hydrogens (tertiary/aromatic N) is 1. The number of rotatable bonds is 5. The Morgan fingerprint density at radius 3 is 2.35 bits per heavy atom. The molecule has 0 unspecified atom stereocenters. The molecule has 142 valence electrons. The first-order valence-electron chi connectivity index (χ1n) is 7.89. The first-order valence-corrected chi connectivity index (χ1v) is 9.37. The summed E-state index contributed by atoms with van der Waals surface area (Å²) in [6.07, 6.45) is 0. The number of carbonyl (C=O) groups excluding carboxylic acids is 3. The number of urea groups is 1. The Bertz CT molecular complexity index is 811. The van der Waals surface area contributed by atoms with Crippen LogP contribution in [0.25, 0.3) is 0 Å². The molecule has 1 aromatic carbocycles. The normalized spacial score (nSPS) is 14.9. The zero-order valence-corrected chi connectivity index (χ0v) is 15.6. The van der Waals surface area contributed by atoms with Gasteiger partial charge in [0.25, 0.3) is 5.91 Å². The molecule has 9 nitrogen and oxygen atoms in total. The first kappa shape index (κ1) is 19.9. The second-order valence-corrected chi connectivity index (χ2v) is 8.42. The molecule has 0 aliphatic carbocycles. The van der Waals surface area contributed by atoms with Crippen molar-refractivity contribution in [3.05, 3.63) is 29.8 Å². The van der Waals surface area contributed by atoms with Crippen LogP contribution in [0.2, 0.25) is 0 Å². The van der Waals surface area contributed by atoms with Crippen LogP contribution in [0.5, 0.6) is 0 Å². The highest BCUT2D eigenvalue weighted by Gasteiger charge is 2.27. The standard InChI is InChI=1S/C16H21N3O6S/c1-16(2,3)18-26(23,24)12-6-4-11(5-7-12)14(21)25-10-13(20)19-9-8-17-15(19)22/h4-7,18H,8-10H2,1-3H3,(H,17,22). The molecule has 1 aromatic rings. The summed E-state index contributed by atoms with van der Waals surface area (Å²) in [4.78, 5) is 36.1. The van der Waals surface area contributed by atoms with Crippen LogP contribution >= 0.6 is 0 Å². The number of hydrogen-bond acceptors (Lipinski definition) is 6. The molecule has 1 heterocycles. The van der Waals surface area contributed by atoms with Crippen molar-refractivity contribution in [2.24, 2.45) is 0 Å². The number of hydrogen-bond donors (Lipinski definition) is 2. The number of amides is 3. The van der Waals surface area contributed by atoms with E-state index in [9.17, 15) is 22.8 Å². The van der Waals surface area contributed by atoms with Gasteiger partial charge in [-0.25, -0.2) is 22.7 Å². The van der Waals surface area contributed by atoms with Crippen molar-refractivity contribution < 1.29 is 27.5 Å². The quantitative estimate of drug-likeness (QED) is 0.713. The van der Waals surface area contributed by atoms with Gasteiger partial charge in [0.1, 0.15) is 0 Å². The number of sulfonamides is 1. The van der Waals surface area contributed by atoms with Gasteiger partial charge in [0.05, 0.1) is 10.5 Å². The molecule has 2 N–H and O–H groups in total. The van der Waals surface area contributed by atoms with Crippen LogP contribution in [0.4, 0.5) is 4.79 Å². The van der Waals surface area contributed by atoms with Gasteiger partial charge < -0.3 is 10.1 Å². The predicted octanol–water partition coefficient (Wildman–Crippen LogP) is 0.472. The fraction of sp³-hybridized carbons (Fsp3) is 0.438. The van der Waals surface area contributed by atoms with E-state index in [4.69, 9.17) is 4.74 Å². The van der Waals surface area contributed by atoms with Crippen molar-refractivity contribution in [3.8, 4) is 0 Å². The van der Waals surface area contributed by atoms with Crippen molar-refractivity contribution in [1.82, 2.24) is 14.9 Å². The third kappa shape index (κ3) is 5.02. The van der Waals surface area contributed by atoms with Gasteiger partial charge in [0, 0.05) is 18.6 Å².